The minimum absolute atomic E-state index is 0.0969. The van der Waals surface area contributed by atoms with Gasteiger partial charge in [-0.25, -0.2) is 0 Å². The molecule has 1 atom stereocenters. The van der Waals surface area contributed by atoms with Crippen molar-refractivity contribution in [2.45, 2.75) is 6.92 Å². The normalized spacial score (nSPS) is 11.9. The molecular formula is C12H16ClNO3. The van der Waals surface area contributed by atoms with Gasteiger partial charge < -0.3 is 15.2 Å². The third kappa shape index (κ3) is 3.82. The van der Waals surface area contributed by atoms with Gasteiger partial charge in [-0.05, 0) is 18.1 Å². The van der Waals surface area contributed by atoms with Gasteiger partial charge >= 0.3 is 0 Å². The van der Waals surface area contributed by atoms with Gasteiger partial charge in [0.05, 0.1) is 12.7 Å². The summed E-state index contributed by atoms with van der Waals surface area (Å²) in [5.41, 5.74) is 0.229. The second kappa shape index (κ2) is 6.35. The number of aromatic hydroxyl groups is 1. The van der Waals surface area contributed by atoms with E-state index in [1.807, 2.05) is 6.92 Å². The third-order valence-electron chi connectivity index (χ3n) is 2.32. The van der Waals surface area contributed by atoms with E-state index in [4.69, 9.17) is 16.3 Å². The Kier molecular flexibility index (Phi) is 5.10. The van der Waals surface area contributed by atoms with Gasteiger partial charge in [-0.15, -0.1) is 11.6 Å². The van der Waals surface area contributed by atoms with Crippen LogP contribution in [0.2, 0.25) is 0 Å². The number of halogens is 1. The van der Waals surface area contributed by atoms with Crippen LogP contribution >= 0.6 is 11.6 Å². The molecule has 0 radical (unpaired) electrons. The molecule has 2 N–H and O–H groups in total. The lowest BCUT2D eigenvalue weighted by atomic mass is 10.1. The lowest BCUT2D eigenvalue weighted by Gasteiger charge is -2.10. The van der Waals surface area contributed by atoms with Gasteiger partial charge in [0.15, 0.2) is 0 Å². The molecule has 0 aliphatic carbocycles. The summed E-state index contributed by atoms with van der Waals surface area (Å²) in [6.07, 6.45) is 0. The van der Waals surface area contributed by atoms with Crippen molar-refractivity contribution in [1.82, 2.24) is 5.32 Å². The van der Waals surface area contributed by atoms with Crippen LogP contribution in [0, 0.1) is 5.92 Å². The predicted molar refractivity (Wildman–Crippen MR) is 66.9 cm³/mol. The SMILES string of the molecule is COc1ccc(C(=O)NCC(C)CCl)c(O)c1. The van der Waals surface area contributed by atoms with Crippen LogP contribution < -0.4 is 10.1 Å². The molecule has 1 unspecified atom stereocenters. The molecule has 0 saturated heterocycles. The molecule has 0 spiro atoms. The van der Waals surface area contributed by atoms with E-state index >= 15 is 0 Å². The summed E-state index contributed by atoms with van der Waals surface area (Å²) in [6, 6.07) is 4.55. The van der Waals surface area contributed by atoms with Crippen molar-refractivity contribution in [3.8, 4) is 11.5 Å². The Morgan fingerprint density at radius 2 is 2.29 bits per heavy atom. The quantitative estimate of drug-likeness (QED) is 0.794. The molecule has 1 aromatic rings. The van der Waals surface area contributed by atoms with Crippen LogP contribution in [0.1, 0.15) is 17.3 Å². The largest absolute Gasteiger partial charge is 0.507 e. The maximum atomic E-state index is 11.7. The maximum Gasteiger partial charge on any atom is 0.255 e. The van der Waals surface area contributed by atoms with Gasteiger partial charge in [-0.1, -0.05) is 6.92 Å². The predicted octanol–water partition coefficient (Wildman–Crippen LogP) is 2.01. The van der Waals surface area contributed by atoms with E-state index in [0.29, 0.717) is 18.2 Å². The van der Waals surface area contributed by atoms with Crippen LogP contribution in [0.3, 0.4) is 0 Å². The van der Waals surface area contributed by atoms with E-state index in [1.54, 1.807) is 6.07 Å². The standard InChI is InChI=1S/C12H16ClNO3/c1-8(6-13)7-14-12(16)10-4-3-9(17-2)5-11(10)15/h3-5,8,15H,6-7H2,1-2H3,(H,14,16). The molecule has 0 bridgehead atoms. The van der Waals surface area contributed by atoms with Gasteiger partial charge in [-0.2, -0.15) is 0 Å². The van der Waals surface area contributed by atoms with Crippen molar-refractivity contribution in [3.05, 3.63) is 23.8 Å². The molecule has 0 aromatic heterocycles. The zero-order valence-corrected chi connectivity index (χ0v) is 10.6. The monoisotopic (exact) mass is 257 g/mol. The number of benzene rings is 1. The van der Waals surface area contributed by atoms with Gasteiger partial charge in [0.1, 0.15) is 11.5 Å². The van der Waals surface area contributed by atoms with Crippen LogP contribution in [0.15, 0.2) is 18.2 Å². The molecule has 0 fully saturated rings. The summed E-state index contributed by atoms with van der Waals surface area (Å²) < 4.78 is 4.94. The van der Waals surface area contributed by atoms with Crippen molar-refractivity contribution >= 4 is 17.5 Å². The molecule has 1 amide bonds. The van der Waals surface area contributed by atoms with E-state index in [9.17, 15) is 9.90 Å². The fourth-order valence-corrected chi connectivity index (χ4v) is 1.36. The van der Waals surface area contributed by atoms with Gasteiger partial charge in [0.25, 0.3) is 5.91 Å². The average molecular weight is 258 g/mol. The summed E-state index contributed by atoms with van der Waals surface area (Å²) in [5, 5.41) is 12.4. The van der Waals surface area contributed by atoms with E-state index < -0.39 is 0 Å². The number of carbonyl (C=O) groups excluding carboxylic acids is 1. The molecule has 17 heavy (non-hydrogen) atoms. The van der Waals surface area contributed by atoms with Crippen molar-refractivity contribution < 1.29 is 14.6 Å². The zero-order chi connectivity index (χ0) is 12.8. The Bertz CT molecular complexity index is 395. The fourth-order valence-electron chi connectivity index (χ4n) is 1.25. The number of hydrogen-bond donors (Lipinski definition) is 2. The number of methoxy groups -OCH3 is 1. The van der Waals surface area contributed by atoms with Crippen LogP contribution in [-0.2, 0) is 0 Å². The summed E-state index contributed by atoms with van der Waals surface area (Å²) in [7, 11) is 1.50. The lowest BCUT2D eigenvalue weighted by molar-refractivity contribution is 0.0946. The molecule has 1 rings (SSSR count). The second-order valence-electron chi connectivity index (χ2n) is 3.85. The minimum atomic E-state index is -0.317. The maximum absolute atomic E-state index is 11.7. The van der Waals surface area contributed by atoms with E-state index in [-0.39, 0.29) is 23.1 Å². The highest BCUT2D eigenvalue weighted by atomic mass is 35.5. The number of alkyl halides is 1. The number of carbonyl (C=O) groups is 1. The number of ether oxygens (including phenoxy) is 1. The molecule has 4 nitrogen and oxygen atoms in total. The van der Waals surface area contributed by atoms with Crippen molar-refractivity contribution in [2.24, 2.45) is 5.92 Å². The van der Waals surface area contributed by atoms with E-state index in [2.05, 4.69) is 5.32 Å². The van der Waals surface area contributed by atoms with Gasteiger partial charge in [-0.3, -0.25) is 4.79 Å². The number of amides is 1. The molecule has 0 aliphatic heterocycles. The number of phenolic OH excluding ortho intramolecular Hbond substituents is 1. The highest BCUT2D eigenvalue weighted by Crippen LogP contribution is 2.23. The number of rotatable bonds is 5. The second-order valence-corrected chi connectivity index (χ2v) is 4.16. The van der Waals surface area contributed by atoms with Crippen LogP contribution in [0.25, 0.3) is 0 Å². The first kappa shape index (κ1) is 13.6. The molecular weight excluding hydrogens is 242 g/mol. The highest BCUT2D eigenvalue weighted by molar-refractivity contribution is 6.18. The topological polar surface area (TPSA) is 58.6 Å². The van der Waals surface area contributed by atoms with Crippen LogP contribution in [-0.4, -0.2) is 30.5 Å². The third-order valence-corrected chi connectivity index (χ3v) is 2.85. The summed E-state index contributed by atoms with van der Waals surface area (Å²) in [4.78, 5) is 11.7. The molecule has 0 aliphatic rings. The Labute approximate surface area is 106 Å². The zero-order valence-electron chi connectivity index (χ0n) is 9.87. The molecule has 0 heterocycles. The van der Waals surface area contributed by atoms with Crippen molar-refractivity contribution in [2.75, 3.05) is 19.5 Å². The Morgan fingerprint density at radius 3 is 2.82 bits per heavy atom. The number of hydrogen-bond acceptors (Lipinski definition) is 3. The average Bonchev–Trinajstić information content (AvgIpc) is 2.35. The van der Waals surface area contributed by atoms with E-state index in [0.717, 1.165) is 0 Å². The van der Waals surface area contributed by atoms with Crippen LogP contribution in [0.4, 0.5) is 0 Å². The minimum Gasteiger partial charge on any atom is -0.507 e. The summed E-state index contributed by atoms with van der Waals surface area (Å²) in [6.45, 7) is 2.41. The molecule has 1 aromatic carbocycles. The first-order valence-corrected chi connectivity index (χ1v) is 5.83. The molecule has 5 heteroatoms. The first-order chi connectivity index (χ1) is 8.08. The summed E-state index contributed by atoms with van der Waals surface area (Å²) in [5.74, 6) is 0.770. The van der Waals surface area contributed by atoms with E-state index in [1.165, 1.54) is 19.2 Å². The lowest BCUT2D eigenvalue weighted by Crippen LogP contribution is -2.28. The summed E-state index contributed by atoms with van der Waals surface area (Å²) >= 11 is 5.64. The Morgan fingerprint density at radius 1 is 1.59 bits per heavy atom. The van der Waals surface area contributed by atoms with Gasteiger partial charge in [0.2, 0.25) is 0 Å². The number of phenols is 1. The van der Waals surface area contributed by atoms with Crippen molar-refractivity contribution in [3.63, 3.8) is 0 Å². The Hall–Kier alpha value is -1.42. The first-order valence-electron chi connectivity index (χ1n) is 5.29. The van der Waals surface area contributed by atoms with Gasteiger partial charge in [0, 0.05) is 18.5 Å². The van der Waals surface area contributed by atoms with Crippen molar-refractivity contribution in [1.29, 1.82) is 0 Å². The Balaban J connectivity index is 2.69. The smallest absolute Gasteiger partial charge is 0.255 e. The van der Waals surface area contributed by atoms with Crippen LogP contribution in [0.5, 0.6) is 11.5 Å². The fraction of sp³-hybridized carbons (Fsp3) is 0.417. The molecule has 0 saturated carbocycles. The highest BCUT2D eigenvalue weighted by Gasteiger charge is 2.12. The molecule has 94 valence electrons. The number of nitrogens with one attached hydrogen (secondary N) is 1.